The van der Waals surface area contributed by atoms with E-state index in [-0.39, 0.29) is 20.7 Å². The third-order valence-corrected chi connectivity index (χ3v) is 44.1. The molecule has 0 aromatic rings. The maximum atomic E-state index is 6.70. The molecule has 0 aliphatic heterocycles. The second-order valence-corrected chi connectivity index (χ2v) is 49.7. The summed E-state index contributed by atoms with van der Waals surface area (Å²) in [6.45, 7) is 7.81. The third-order valence-electron chi connectivity index (χ3n) is 5.63. The normalized spacial score (nSPS) is 20.7. The van der Waals surface area contributed by atoms with Crippen LogP contribution in [0.2, 0.25) is 20.7 Å². The highest BCUT2D eigenvalue weighted by Gasteiger charge is 2.72. The predicted octanol–water partition coefficient (Wildman–Crippen LogP) is 11.3. The fraction of sp³-hybridized carbons (Fsp3) is 1.00. The molecule has 0 N–H and O–H groups in total. The molecule has 0 aliphatic carbocycles. The predicted molar refractivity (Wildman–Crippen MR) is 155 cm³/mol. The molecule has 17 heteroatoms. The monoisotopic (exact) mass is 728 g/mol. The van der Waals surface area contributed by atoms with Gasteiger partial charge in [0, 0.05) is 0 Å². The smallest absolute Gasteiger partial charge is 0.126 e. The van der Waals surface area contributed by atoms with Crippen LogP contribution in [0.1, 0.15) is 53.4 Å². The molecule has 0 aromatic heterocycles. The van der Waals surface area contributed by atoms with Gasteiger partial charge >= 0.3 is 24.0 Å². The number of rotatable bonds is 12. The third kappa shape index (κ3) is 8.29. The highest BCUT2D eigenvalue weighted by Crippen LogP contribution is 2.68. The van der Waals surface area contributed by atoms with Gasteiger partial charge in [-0.1, -0.05) is 53.4 Å². The molecule has 0 rings (SSSR count). The maximum Gasteiger partial charge on any atom is 0.341 e. The lowest BCUT2D eigenvalue weighted by atomic mass is 10.5. The minimum absolute atomic E-state index is 0.380. The Kier molecular flexibility index (Phi) is 14.7. The van der Waals surface area contributed by atoms with E-state index in [1.165, 1.54) is 0 Å². The van der Waals surface area contributed by atoms with E-state index in [9.17, 15) is 0 Å². The molecule has 176 valence electrons. The van der Waals surface area contributed by atoms with Crippen LogP contribution in [0.4, 0.5) is 0 Å². The molecule has 0 spiro atoms. The van der Waals surface area contributed by atoms with E-state index < -0.39 is 32.1 Å². The van der Waals surface area contributed by atoms with E-state index in [0.29, 0.717) is 25.7 Å². The zero-order valence-corrected chi connectivity index (χ0v) is 30.2. The Balaban J connectivity index is 7.69. The van der Waals surface area contributed by atoms with Gasteiger partial charge in [-0.05, 0) is 20.7 Å². The minimum atomic E-state index is -3.38. The van der Waals surface area contributed by atoms with Gasteiger partial charge in [0.2, 0.25) is 0 Å². The highest BCUT2D eigenvalue weighted by atomic mass is 35.9. The SMILES string of the molecule is CCC([Si](Cl)(Cl)Cl)[Si](C(CC)[Si](Cl)(Cl)Cl)(C(CC)[Si](Cl)(Cl)Cl)C(CC)[Si](Cl)(Cl)Cl. The van der Waals surface area contributed by atoms with Crippen molar-refractivity contribution in [3.63, 3.8) is 0 Å². The molecule has 4 unspecified atom stereocenters. The van der Waals surface area contributed by atoms with Crippen LogP contribution in [0.15, 0.2) is 0 Å². The zero-order chi connectivity index (χ0) is 23.6. The summed E-state index contributed by atoms with van der Waals surface area (Å²) in [5.74, 6) is 0. The van der Waals surface area contributed by atoms with E-state index in [2.05, 4.69) is 0 Å². The van der Waals surface area contributed by atoms with Crippen LogP contribution in [0.25, 0.3) is 0 Å². The van der Waals surface area contributed by atoms with E-state index in [1.54, 1.807) is 0 Å². The van der Waals surface area contributed by atoms with Crippen molar-refractivity contribution in [1.82, 2.24) is 0 Å². The van der Waals surface area contributed by atoms with Crippen molar-refractivity contribution >= 4 is 165 Å². The Morgan fingerprint density at radius 1 is 0.379 bits per heavy atom. The summed E-state index contributed by atoms with van der Waals surface area (Å²) >= 11 is 80.4. The molecule has 0 heterocycles. The van der Waals surface area contributed by atoms with Crippen LogP contribution >= 0.6 is 133 Å². The van der Waals surface area contributed by atoms with Gasteiger partial charge in [0.1, 0.15) is 0 Å². The van der Waals surface area contributed by atoms with Crippen LogP contribution in [0, 0.1) is 0 Å². The van der Waals surface area contributed by atoms with Crippen molar-refractivity contribution in [3.8, 4) is 0 Å². The van der Waals surface area contributed by atoms with Crippen LogP contribution in [0.3, 0.4) is 0 Å². The number of hydrogen-bond acceptors (Lipinski definition) is 0. The average molecular weight is 734 g/mol. The van der Waals surface area contributed by atoms with Crippen molar-refractivity contribution in [2.75, 3.05) is 0 Å². The van der Waals surface area contributed by atoms with Crippen molar-refractivity contribution in [2.24, 2.45) is 0 Å². The standard InChI is InChI=1S/C12H24Cl12Si5/c1-5-9(26(13,14)15)25(10(6-2)27(16,17)18,11(7-3)28(19,20)21)12(8-4)29(22,23)24/h9-12H,5-8H2,1-4H3. The second kappa shape index (κ2) is 12.7. The zero-order valence-electron chi connectivity index (χ0n) is 16.2. The van der Waals surface area contributed by atoms with Crippen LogP contribution in [0.5, 0.6) is 0 Å². The Morgan fingerprint density at radius 3 is 0.586 bits per heavy atom. The van der Waals surface area contributed by atoms with Crippen molar-refractivity contribution in [2.45, 2.75) is 74.0 Å². The van der Waals surface area contributed by atoms with Crippen LogP contribution in [-0.2, 0) is 0 Å². The van der Waals surface area contributed by atoms with E-state index in [1.807, 2.05) is 27.7 Å². The molecule has 0 radical (unpaired) electrons. The Morgan fingerprint density at radius 2 is 0.517 bits per heavy atom. The van der Waals surface area contributed by atoms with Gasteiger partial charge in [-0.25, -0.2) is 0 Å². The van der Waals surface area contributed by atoms with Gasteiger partial charge in [0.05, 0.1) is 8.07 Å². The first-order valence-electron chi connectivity index (χ1n) is 9.04. The lowest BCUT2D eigenvalue weighted by Gasteiger charge is -2.58. The molecule has 0 aliphatic rings. The molecule has 0 bridgehead atoms. The quantitative estimate of drug-likeness (QED) is 0.138. The minimum Gasteiger partial charge on any atom is -0.126 e. The topological polar surface area (TPSA) is 0 Å². The van der Waals surface area contributed by atoms with E-state index >= 15 is 0 Å². The summed E-state index contributed by atoms with van der Waals surface area (Å²) < 4.78 is 0. The molecule has 0 saturated carbocycles. The van der Waals surface area contributed by atoms with Gasteiger partial charge in [0.25, 0.3) is 0 Å². The Labute approximate surface area is 236 Å². The Bertz CT molecular complexity index is 418. The lowest BCUT2D eigenvalue weighted by molar-refractivity contribution is 0.784. The van der Waals surface area contributed by atoms with Gasteiger partial charge in [-0.15, -0.1) is 133 Å². The fourth-order valence-electron chi connectivity index (χ4n) is 4.93. The largest absolute Gasteiger partial charge is 0.341 e. The Hall–Kier alpha value is 4.56. The first kappa shape index (κ1) is 33.6. The van der Waals surface area contributed by atoms with Gasteiger partial charge < -0.3 is 0 Å². The van der Waals surface area contributed by atoms with Crippen molar-refractivity contribution < 1.29 is 0 Å². The summed E-state index contributed by atoms with van der Waals surface area (Å²) in [6, 6.07) is -13.5. The molecule has 0 fully saturated rings. The first-order chi connectivity index (χ1) is 12.8. The summed E-state index contributed by atoms with van der Waals surface area (Å²) in [7, 11) is -3.19. The molecule has 0 amide bonds. The van der Waals surface area contributed by atoms with Crippen molar-refractivity contribution in [3.05, 3.63) is 0 Å². The lowest BCUT2D eigenvalue weighted by Crippen LogP contribution is -2.66. The molecule has 0 aromatic carbocycles. The maximum absolute atomic E-state index is 6.70. The first-order valence-corrected chi connectivity index (χ1v) is 31.8. The number of hydrogen-bond donors (Lipinski definition) is 0. The molecule has 29 heavy (non-hydrogen) atoms. The molecular weight excluding hydrogens is 710 g/mol. The van der Waals surface area contributed by atoms with Gasteiger partial charge in [-0.3, -0.25) is 0 Å². The molecular formula is C12H24Cl12Si5. The summed E-state index contributed by atoms with van der Waals surface area (Å²) in [5, 5.41) is -1.52. The number of halogens is 12. The summed E-state index contributed by atoms with van der Waals surface area (Å²) in [4.78, 5) is 0. The van der Waals surface area contributed by atoms with E-state index in [4.69, 9.17) is 133 Å². The van der Waals surface area contributed by atoms with Gasteiger partial charge in [0.15, 0.2) is 0 Å². The fourth-order valence-corrected chi connectivity index (χ4v) is 57.8. The second-order valence-electron chi connectivity index (χ2n) is 7.01. The van der Waals surface area contributed by atoms with Gasteiger partial charge in [-0.2, -0.15) is 0 Å². The van der Waals surface area contributed by atoms with E-state index in [0.717, 1.165) is 0 Å². The molecule has 0 nitrogen and oxygen atoms in total. The molecule has 4 atom stereocenters. The average Bonchev–Trinajstić information content (AvgIpc) is 2.43. The highest BCUT2D eigenvalue weighted by molar-refractivity contribution is 7.74. The summed E-state index contributed by atoms with van der Waals surface area (Å²) in [6.07, 6.45) is 2.16. The summed E-state index contributed by atoms with van der Waals surface area (Å²) in [5.41, 5.74) is 0. The van der Waals surface area contributed by atoms with Crippen molar-refractivity contribution in [1.29, 1.82) is 0 Å². The molecule has 0 saturated heterocycles. The van der Waals surface area contributed by atoms with Crippen LogP contribution in [-0.4, -0.2) is 32.1 Å². The van der Waals surface area contributed by atoms with Crippen LogP contribution < -0.4 is 0 Å².